The van der Waals surface area contributed by atoms with Gasteiger partial charge in [0, 0.05) is 6.54 Å². The zero-order valence-corrected chi connectivity index (χ0v) is 19.3. The van der Waals surface area contributed by atoms with Crippen LogP contribution in [0.25, 0.3) is 0 Å². The molecule has 2 amide bonds. The van der Waals surface area contributed by atoms with Crippen LogP contribution in [-0.4, -0.2) is 67.6 Å². The lowest BCUT2D eigenvalue weighted by molar-refractivity contribution is -0.145. The quantitative estimate of drug-likeness (QED) is 0.479. The van der Waals surface area contributed by atoms with E-state index >= 15 is 0 Å². The Morgan fingerprint density at radius 2 is 1.88 bits per heavy atom. The zero-order valence-electron chi connectivity index (χ0n) is 19.3. The van der Waals surface area contributed by atoms with Gasteiger partial charge >= 0.3 is 18.2 Å². The highest BCUT2D eigenvalue weighted by Crippen LogP contribution is 2.20. The van der Waals surface area contributed by atoms with Gasteiger partial charge in [0.2, 0.25) is 0 Å². The van der Waals surface area contributed by atoms with Gasteiger partial charge in [-0.1, -0.05) is 30.3 Å². The van der Waals surface area contributed by atoms with Crippen molar-refractivity contribution in [1.82, 2.24) is 10.2 Å². The van der Waals surface area contributed by atoms with E-state index in [1.807, 2.05) is 51.1 Å². The van der Waals surface area contributed by atoms with Crippen LogP contribution in [0.2, 0.25) is 0 Å². The average Bonchev–Trinajstić information content (AvgIpc) is 2.76. The molecule has 0 aliphatic carbocycles. The minimum Gasteiger partial charge on any atom is -0.467 e. The largest absolute Gasteiger partial charge is 0.467 e. The molecule has 1 heterocycles. The summed E-state index contributed by atoms with van der Waals surface area (Å²) < 4.78 is 21.1. The van der Waals surface area contributed by atoms with E-state index < -0.39 is 23.7 Å². The number of alkyl carbamates (subject to hydrolysis) is 1. The van der Waals surface area contributed by atoms with Crippen LogP contribution in [0.5, 0.6) is 0 Å². The molecule has 1 aliphatic heterocycles. The van der Waals surface area contributed by atoms with Crippen molar-refractivity contribution in [2.45, 2.75) is 64.3 Å². The number of methoxy groups -OCH3 is 1. The number of carbonyl (C=O) groups is 3. The summed E-state index contributed by atoms with van der Waals surface area (Å²) in [5.74, 6) is -0.644. The highest BCUT2D eigenvalue weighted by Gasteiger charge is 2.31. The smallest absolute Gasteiger partial charge is 0.410 e. The van der Waals surface area contributed by atoms with Crippen molar-refractivity contribution in [1.29, 1.82) is 0 Å². The normalized spacial score (nSPS) is 17.2. The third kappa shape index (κ3) is 8.74. The Morgan fingerprint density at radius 1 is 1.16 bits per heavy atom. The van der Waals surface area contributed by atoms with Crippen LogP contribution in [0.3, 0.4) is 0 Å². The maximum Gasteiger partial charge on any atom is 0.410 e. The molecule has 0 bridgehead atoms. The van der Waals surface area contributed by atoms with E-state index in [1.165, 1.54) is 7.11 Å². The minimum atomic E-state index is -1.03. The maximum absolute atomic E-state index is 12.5. The number of amides is 2. The summed E-state index contributed by atoms with van der Waals surface area (Å²) >= 11 is 0. The molecule has 178 valence electrons. The van der Waals surface area contributed by atoms with E-state index in [0.717, 1.165) is 24.8 Å². The summed E-state index contributed by atoms with van der Waals surface area (Å²) in [5, 5.41) is 2.47. The van der Waals surface area contributed by atoms with Gasteiger partial charge in [-0.3, -0.25) is 0 Å². The first-order valence-corrected chi connectivity index (χ1v) is 10.8. The third-order valence-electron chi connectivity index (χ3n) is 4.84. The molecule has 1 aliphatic rings. The van der Waals surface area contributed by atoms with Crippen molar-refractivity contribution in [3.63, 3.8) is 0 Å². The Kier molecular flexibility index (Phi) is 9.77. The number of carbonyl (C=O) groups excluding carboxylic acids is 3. The van der Waals surface area contributed by atoms with Crippen molar-refractivity contribution in [2.24, 2.45) is 0 Å². The van der Waals surface area contributed by atoms with E-state index in [2.05, 4.69) is 5.32 Å². The summed E-state index contributed by atoms with van der Waals surface area (Å²) in [6.45, 7) is 6.25. The number of nitrogens with one attached hydrogen (secondary N) is 1. The number of piperidine rings is 1. The topological polar surface area (TPSA) is 103 Å². The number of ether oxygens (including phenoxy) is 4. The predicted molar refractivity (Wildman–Crippen MR) is 117 cm³/mol. The standard InChI is InChI=1S/C23H34N2O7/c1-23(2,3)32-22(28)25-13-9-8-12-18(25)15-30-16-19(20(26)29-4)24-21(27)31-14-17-10-6-5-7-11-17/h5-7,10-11,18-19H,8-9,12-16H2,1-4H3,(H,24,27). The summed E-state index contributed by atoms with van der Waals surface area (Å²) in [7, 11) is 1.23. The number of benzene rings is 1. The number of hydrogen-bond acceptors (Lipinski definition) is 7. The second-order valence-corrected chi connectivity index (χ2v) is 8.64. The number of hydrogen-bond donors (Lipinski definition) is 1. The first-order chi connectivity index (χ1) is 15.2. The lowest BCUT2D eigenvalue weighted by Crippen LogP contribution is -2.49. The van der Waals surface area contributed by atoms with Gasteiger partial charge < -0.3 is 29.2 Å². The Hall–Kier alpha value is -2.81. The van der Waals surface area contributed by atoms with E-state index in [9.17, 15) is 14.4 Å². The number of rotatable bonds is 8. The van der Waals surface area contributed by atoms with Crippen LogP contribution in [0.15, 0.2) is 30.3 Å². The highest BCUT2D eigenvalue weighted by atomic mass is 16.6. The highest BCUT2D eigenvalue weighted by molar-refractivity contribution is 5.81. The number of nitrogens with zero attached hydrogens (tertiary/aromatic N) is 1. The van der Waals surface area contributed by atoms with Crippen LogP contribution in [-0.2, 0) is 30.3 Å². The molecule has 0 radical (unpaired) electrons. The first-order valence-electron chi connectivity index (χ1n) is 10.8. The van der Waals surface area contributed by atoms with Crippen LogP contribution in [0.1, 0.15) is 45.6 Å². The molecule has 32 heavy (non-hydrogen) atoms. The zero-order chi connectivity index (χ0) is 23.6. The van der Waals surface area contributed by atoms with Crippen LogP contribution in [0.4, 0.5) is 9.59 Å². The fraction of sp³-hybridized carbons (Fsp3) is 0.609. The molecular formula is C23H34N2O7. The van der Waals surface area contributed by atoms with Gasteiger partial charge in [-0.2, -0.15) is 0 Å². The second-order valence-electron chi connectivity index (χ2n) is 8.64. The Morgan fingerprint density at radius 3 is 2.53 bits per heavy atom. The molecule has 9 nitrogen and oxygen atoms in total. The SMILES string of the molecule is COC(=O)C(COCC1CCCCN1C(=O)OC(C)(C)C)NC(=O)OCc1ccccc1. The lowest BCUT2D eigenvalue weighted by Gasteiger charge is -2.36. The number of esters is 1. The van der Waals surface area contributed by atoms with E-state index in [1.54, 1.807) is 4.90 Å². The molecule has 1 aromatic carbocycles. The molecule has 2 atom stereocenters. The fourth-order valence-corrected chi connectivity index (χ4v) is 3.27. The van der Waals surface area contributed by atoms with Gasteiger partial charge in [0.15, 0.2) is 6.04 Å². The van der Waals surface area contributed by atoms with Gasteiger partial charge in [-0.05, 0) is 45.6 Å². The molecule has 1 fully saturated rings. The van der Waals surface area contributed by atoms with Gasteiger partial charge in [-0.15, -0.1) is 0 Å². The van der Waals surface area contributed by atoms with Crippen molar-refractivity contribution >= 4 is 18.2 Å². The van der Waals surface area contributed by atoms with Crippen molar-refractivity contribution in [3.8, 4) is 0 Å². The van der Waals surface area contributed by atoms with Gasteiger partial charge in [0.1, 0.15) is 12.2 Å². The molecule has 2 rings (SSSR count). The summed E-state index contributed by atoms with van der Waals surface area (Å²) in [5.41, 5.74) is 0.244. The van der Waals surface area contributed by atoms with Gasteiger partial charge in [0.05, 0.1) is 26.4 Å². The van der Waals surface area contributed by atoms with E-state index in [-0.39, 0.29) is 32.0 Å². The molecule has 9 heteroatoms. The van der Waals surface area contributed by atoms with Crippen molar-refractivity contribution in [2.75, 3.05) is 26.9 Å². The summed E-state index contributed by atoms with van der Waals surface area (Å²) in [6.07, 6.45) is 1.51. The van der Waals surface area contributed by atoms with Crippen molar-refractivity contribution in [3.05, 3.63) is 35.9 Å². The third-order valence-corrected chi connectivity index (χ3v) is 4.84. The van der Waals surface area contributed by atoms with Crippen LogP contribution in [0, 0.1) is 0 Å². The van der Waals surface area contributed by atoms with E-state index in [0.29, 0.717) is 6.54 Å². The molecule has 2 unspecified atom stereocenters. The van der Waals surface area contributed by atoms with Crippen molar-refractivity contribution < 1.29 is 33.3 Å². The maximum atomic E-state index is 12.5. The molecule has 0 spiro atoms. The van der Waals surface area contributed by atoms with Crippen LogP contribution < -0.4 is 5.32 Å². The van der Waals surface area contributed by atoms with Gasteiger partial charge in [-0.25, -0.2) is 14.4 Å². The molecular weight excluding hydrogens is 416 g/mol. The molecule has 1 N–H and O–H groups in total. The summed E-state index contributed by atoms with van der Waals surface area (Å²) in [4.78, 5) is 38.4. The number of likely N-dealkylation sites (tertiary alicyclic amines) is 1. The molecule has 1 aromatic rings. The molecule has 0 saturated carbocycles. The average molecular weight is 451 g/mol. The fourth-order valence-electron chi connectivity index (χ4n) is 3.27. The first kappa shape index (κ1) is 25.5. The minimum absolute atomic E-state index is 0.0777. The lowest BCUT2D eigenvalue weighted by atomic mass is 10.0. The summed E-state index contributed by atoms with van der Waals surface area (Å²) in [6, 6.07) is 8.01. The van der Waals surface area contributed by atoms with Gasteiger partial charge in [0.25, 0.3) is 0 Å². The Balaban J connectivity index is 1.85. The molecule has 1 saturated heterocycles. The Labute approximate surface area is 189 Å². The molecule has 0 aromatic heterocycles. The second kappa shape index (κ2) is 12.3. The van der Waals surface area contributed by atoms with E-state index in [4.69, 9.17) is 18.9 Å². The monoisotopic (exact) mass is 450 g/mol. The van der Waals surface area contributed by atoms with Crippen LogP contribution >= 0.6 is 0 Å². The predicted octanol–water partition coefficient (Wildman–Crippen LogP) is 3.26. The Bertz CT molecular complexity index is 748.